The van der Waals surface area contributed by atoms with E-state index in [4.69, 9.17) is 0 Å². The molecule has 0 aliphatic rings. The number of rotatable bonds is 3. The molecule has 0 unspecified atom stereocenters. The average Bonchev–Trinajstić information content (AvgIpc) is 2.39. The number of hydrogen-bond donors (Lipinski definition) is 0. The van der Waals surface area contributed by atoms with Gasteiger partial charge in [-0.2, -0.15) is 0 Å². The van der Waals surface area contributed by atoms with Crippen LogP contribution in [0.2, 0.25) is 0 Å². The lowest BCUT2D eigenvalue weighted by Crippen LogP contribution is -1.81. The van der Waals surface area contributed by atoms with E-state index in [1.165, 1.54) is 27.2 Å². The van der Waals surface area contributed by atoms with Crippen LogP contribution in [-0.4, -0.2) is 6.26 Å². The molecule has 0 atom stereocenters. The van der Waals surface area contributed by atoms with Crippen molar-refractivity contribution in [2.24, 2.45) is 0 Å². The number of aryl methyl sites for hydroxylation is 2. The Kier molecular flexibility index (Phi) is 4.27. The topological polar surface area (TPSA) is 0 Å². The van der Waals surface area contributed by atoms with E-state index in [-0.39, 0.29) is 0 Å². The lowest BCUT2D eigenvalue weighted by atomic mass is 10.1. The number of benzene rings is 2. The molecule has 0 aromatic heterocycles. The van der Waals surface area contributed by atoms with Crippen LogP contribution in [0.1, 0.15) is 22.3 Å². The Hall–Kier alpha value is -1.47. The monoisotopic (exact) mass is 254 g/mol. The summed E-state index contributed by atoms with van der Waals surface area (Å²) in [6.07, 6.45) is 4.37. The first-order valence-corrected chi connectivity index (χ1v) is 7.31. The third-order valence-corrected chi connectivity index (χ3v) is 3.72. The van der Waals surface area contributed by atoms with Gasteiger partial charge in [0, 0.05) is 4.91 Å². The third-order valence-electron chi connectivity index (χ3n) is 2.93. The van der Waals surface area contributed by atoms with Crippen LogP contribution in [0.5, 0.6) is 0 Å². The van der Waals surface area contributed by atoms with Gasteiger partial charge in [-0.1, -0.05) is 59.7 Å². The molecule has 0 bridgehead atoms. The molecule has 0 N–H and O–H groups in total. The molecule has 0 radical (unpaired) electrons. The maximum absolute atomic E-state index is 2.24. The van der Waals surface area contributed by atoms with E-state index in [1.54, 1.807) is 11.8 Å². The fourth-order valence-electron chi connectivity index (χ4n) is 1.79. The highest BCUT2D eigenvalue weighted by atomic mass is 32.2. The summed E-state index contributed by atoms with van der Waals surface area (Å²) in [5, 5.41) is 0. The first-order chi connectivity index (χ1) is 8.69. The zero-order valence-corrected chi connectivity index (χ0v) is 11.9. The Morgan fingerprint density at radius 2 is 1.33 bits per heavy atom. The van der Waals surface area contributed by atoms with Gasteiger partial charge < -0.3 is 0 Å². The fraction of sp³-hybridized carbons (Fsp3) is 0.176. The molecule has 2 rings (SSSR count). The van der Waals surface area contributed by atoms with Gasteiger partial charge in [0.05, 0.1) is 0 Å². The van der Waals surface area contributed by atoms with Crippen LogP contribution in [0.4, 0.5) is 0 Å². The fourth-order valence-corrected chi connectivity index (χ4v) is 2.42. The van der Waals surface area contributed by atoms with E-state index in [1.807, 2.05) is 0 Å². The van der Waals surface area contributed by atoms with E-state index in [2.05, 4.69) is 74.7 Å². The van der Waals surface area contributed by atoms with E-state index in [0.717, 1.165) is 0 Å². The van der Waals surface area contributed by atoms with Gasteiger partial charge in [0.1, 0.15) is 0 Å². The largest absolute Gasteiger partial charge is 0.129 e. The Bertz CT molecular complexity index is 533. The van der Waals surface area contributed by atoms with Crippen molar-refractivity contribution in [2.75, 3.05) is 6.26 Å². The Labute approximate surface area is 114 Å². The molecule has 0 aliphatic carbocycles. The Morgan fingerprint density at radius 1 is 0.833 bits per heavy atom. The zero-order chi connectivity index (χ0) is 13.0. The molecule has 0 amide bonds. The first kappa shape index (κ1) is 13.0. The molecule has 92 valence electrons. The second-order valence-corrected chi connectivity index (χ2v) is 5.34. The maximum atomic E-state index is 2.24. The summed E-state index contributed by atoms with van der Waals surface area (Å²) in [5.74, 6) is 0. The molecular weight excluding hydrogens is 236 g/mol. The summed E-state index contributed by atoms with van der Waals surface area (Å²) in [6, 6.07) is 17.3. The minimum Gasteiger partial charge on any atom is -0.129 e. The summed E-state index contributed by atoms with van der Waals surface area (Å²) in [5.41, 5.74) is 5.14. The highest BCUT2D eigenvalue weighted by molar-refractivity contribution is 8.07. The maximum Gasteiger partial charge on any atom is 0.0148 e. The lowest BCUT2D eigenvalue weighted by molar-refractivity contribution is 1.46. The summed E-state index contributed by atoms with van der Waals surface area (Å²) in [7, 11) is 0. The molecule has 2 aromatic rings. The number of thioether (sulfide) groups is 1. The van der Waals surface area contributed by atoms with Crippen LogP contribution in [0.15, 0.2) is 48.5 Å². The second-order valence-electron chi connectivity index (χ2n) is 4.49. The smallest absolute Gasteiger partial charge is 0.0148 e. The second kappa shape index (κ2) is 5.92. The van der Waals surface area contributed by atoms with Crippen LogP contribution in [-0.2, 0) is 0 Å². The van der Waals surface area contributed by atoms with Crippen molar-refractivity contribution in [2.45, 2.75) is 13.8 Å². The van der Waals surface area contributed by atoms with Crippen molar-refractivity contribution < 1.29 is 0 Å². The van der Waals surface area contributed by atoms with Crippen molar-refractivity contribution in [3.8, 4) is 0 Å². The zero-order valence-electron chi connectivity index (χ0n) is 11.1. The molecule has 2 aromatic carbocycles. The van der Waals surface area contributed by atoms with Crippen LogP contribution in [0.3, 0.4) is 0 Å². The number of hydrogen-bond acceptors (Lipinski definition) is 1. The van der Waals surface area contributed by atoms with Gasteiger partial charge in [-0.3, -0.25) is 0 Å². The minimum atomic E-state index is 1.26. The average molecular weight is 254 g/mol. The van der Waals surface area contributed by atoms with E-state index in [0.29, 0.717) is 0 Å². The summed E-state index contributed by atoms with van der Waals surface area (Å²) in [4.78, 5) is 1.30. The molecule has 0 nitrogen and oxygen atoms in total. The molecule has 18 heavy (non-hydrogen) atoms. The van der Waals surface area contributed by atoms with Gasteiger partial charge in [0.2, 0.25) is 0 Å². The van der Waals surface area contributed by atoms with E-state index >= 15 is 0 Å². The predicted molar refractivity (Wildman–Crippen MR) is 83.7 cm³/mol. The molecule has 0 spiro atoms. The van der Waals surface area contributed by atoms with Crippen molar-refractivity contribution >= 4 is 22.7 Å². The van der Waals surface area contributed by atoms with Gasteiger partial charge >= 0.3 is 0 Å². The van der Waals surface area contributed by atoms with Crippen LogP contribution < -0.4 is 0 Å². The van der Waals surface area contributed by atoms with Gasteiger partial charge in [0.15, 0.2) is 0 Å². The Balaban J connectivity index is 2.33. The minimum absolute atomic E-state index is 1.26. The normalized spacial score (nSPS) is 11.6. The molecular formula is C17H18S. The summed E-state index contributed by atoms with van der Waals surface area (Å²) < 4.78 is 0. The van der Waals surface area contributed by atoms with Crippen molar-refractivity contribution in [3.05, 3.63) is 70.8 Å². The van der Waals surface area contributed by atoms with Crippen LogP contribution in [0.25, 0.3) is 11.0 Å². The van der Waals surface area contributed by atoms with Crippen molar-refractivity contribution in [3.63, 3.8) is 0 Å². The molecule has 0 aliphatic heterocycles. The Morgan fingerprint density at radius 3 is 1.83 bits per heavy atom. The quantitative estimate of drug-likeness (QED) is 0.681. The highest BCUT2D eigenvalue weighted by Gasteiger charge is 2.00. The lowest BCUT2D eigenvalue weighted by Gasteiger charge is -2.05. The van der Waals surface area contributed by atoms with Crippen molar-refractivity contribution in [1.82, 2.24) is 0 Å². The van der Waals surface area contributed by atoms with E-state index < -0.39 is 0 Å². The first-order valence-electron chi connectivity index (χ1n) is 6.08. The highest BCUT2D eigenvalue weighted by Crippen LogP contribution is 2.27. The molecule has 1 heteroatoms. The SMILES string of the molecule is CS/C(=C\c1ccc(C)cc1)c1ccc(C)cc1. The summed E-state index contributed by atoms with van der Waals surface area (Å²) >= 11 is 1.79. The van der Waals surface area contributed by atoms with Crippen LogP contribution in [0, 0.1) is 13.8 Å². The van der Waals surface area contributed by atoms with Gasteiger partial charge in [-0.15, -0.1) is 11.8 Å². The van der Waals surface area contributed by atoms with Gasteiger partial charge in [-0.25, -0.2) is 0 Å². The summed E-state index contributed by atoms with van der Waals surface area (Å²) in [6.45, 7) is 4.23. The molecule has 0 heterocycles. The third kappa shape index (κ3) is 3.27. The van der Waals surface area contributed by atoms with Crippen molar-refractivity contribution in [1.29, 1.82) is 0 Å². The van der Waals surface area contributed by atoms with Gasteiger partial charge in [-0.05, 0) is 37.3 Å². The van der Waals surface area contributed by atoms with Gasteiger partial charge in [0.25, 0.3) is 0 Å². The molecule has 0 saturated carbocycles. The standard InChI is InChI=1S/C17H18S/c1-13-4-8-15(9-5-13)12-17(18-3)16-10-6-14(2)7-11-16/h4-12H,1-3H3/b17-12-. The van der Waals surface area contributed by atoms with E-state index in [9.17, 15) is 0 Å². The molecule has 0 saturated heterocycles. The van der Waals surface area contributed by atoms with Crippen LogP contribution >= 0.6 is 11.8 Å². The predicted octanol–water partition coefficient (Wildman–Crippen LogP) is 5.16. The molecule has 0 fully saturated rings.